The Morgan fingerprint density at radius 2 is 1.34 bits per heavy atom. The van der Waals surface area contributed by atoms with Crippen LogP contribution in [0, 0.1) is 0 Å². The molecule has 0 saturated carbocycles. The molecule has 3 aromatic rings. The Kier molecular flexibility index (Phi) is 6.85. The molecule has 0 unspecified atom stereocenters. The molecule has 0 aliphatic carbocycles. The third kappa shape index (κ3) is 5.82. The molecule has 0 aliphatic rings. The van der Waals surface area contributed by atoms with Crippen LogP contribution in [0.2, 0.25) is 0 Å². The van der Waals surface area contributed by atoms with Crippen molar-refractivity contribution in [2.24, 2.45) is 0 Å². The topological polar surface area (TPSA) is 68.7 Å². The molecule has 0 fully saturated rings. The smallest absolute Gasteiger partial charge is 0.335 e. The van der Waals surface area contributed by atoms with Gasteiger partial charge in [-0.25, -0.2) is 4.79 Å². The summed E-state index contributed by atoms with van der Waals surface area (Å²) in [4.78, 5) is 15.7. The standard InChI is InChI=1S/C24H25NO4/c1-28-22-14-18(15-23(16-22)29-2)9-13-21-5-3-4-20(25-21)12-8-17-6-10-19(11-7-17)24(26)27/h3-7,10-11,14-16H,8-9,12-13H2,1-2H3,(H,26,27). The van der Waals surface area contributed by atoms with Gasteiger partial charge in [-0.15, -0.1) is 0 Å². The highest BCUT2D eigenvalue weighted by Crippen LogP contribution is 2.23. The fraction of sp³-hybridized carbons (Fsp3) is 0.250. The summed E-state index contributed by atoms with van der Waals surface area (Å²) in [5.41, 5.74) is 4.64. The van der Waals surface area contributed by atoms with Gasteiger partial charge in [0.15, 0.2) is 0 Å². The van der Waals surface area contributed by atoms with E-state index in [2.05, 4.69) is 0 Å². The van der Waals surface area contributed by atoms with Crippen molar-refractivity contribution in [1.82, 2.24) is 4.98 Å². The van der Waals surface area contributed by atoms with Gasteiger partial charge in [0, 0.05) is 17.5 Å². The van der Waals surface area contributed by atoms with Crippen molar-refractivity contribution in [1.29, 1.82) is 0 Å². The number of benzene rings is 2. The average Bonchev–Trinajstić information content (AvgIpc) is 2.76. The predicted octanol–water partition coefficient (Wildman–Crippen LogP) is 4.37. The SMILES string of the molecule is COc1cc(CCc2cccc(CCc3ccc(C(=O)O)cc3)n2)cc(OC)c1. The molecule has 1 heterocycles. The van der Waals surface area contributed by atoms with Crippen LogP contribution in [0.25, 0.3) is 0 Å². The number of nitrogens with zero attached hydrogens (tertiary/aromatic N) is 1. The Morgan fingerprint density at radius 1 is 0.793 bits per heavy atom. The maximum Gasteiger partial charge on any atom is 0.335 e. The lowest BCUT2D eigenvalue weighted by Crippen LogP contribution is -2.01. The number of ether oxygens (including phenoxy) is 2. The van der Waals surface area contributed by atoms with Gasteiger partial charge in [-0.3, -0.25) is 4.98 Å². The highest BCUT2D eigenvalue weighted by molar-refractivity contribution is 5.87. The van der Waals surface area contributed by atoms with Crippen molar-refractivity contribution < 1.29 is 19.4 Å². The zero-order valence-electron chi connectivity index (χ0n) is 16.7. The van der Waals surface area contributed by atoms with Gasteiger partial charge >= 0.3 is 5.97 Å². The van der Waals surface area contributed by atoms with E-state index in [1.807, 2.05) is 48.5 Å². The fourth-order valence-corrected chi connectivity index (χ4v) is 3.18. The zero-order chi connectivity index (χ0) is 20.6. The van der Waals surface area contributed by atoms with Crippen molar-refractivity contribution in [3.63, 3.8) is 0 Å². The Bertz CT molecular complexity index is 945. The van der Waals surface area contributed by atoms with Crippen molar-refractivity contribution in [2.45, 2.75) is 25.7 Å². The lowest BCUT2D eigenvalue weighted by atomic mass is 10.0. The molecular weight excluding hydrogens is 366 g/mol. The van der Waals surface area contributed by atoms with Crippen LogP contribution in [0.4, 0.5) is 0 Å². The highest BCUT2D eigenvalue weighted by atomic mass is 16.5. The quantitative estimate of drug-likeness (QED) is 0.587. The molecule has 3 rings (SSSR count). The Balaban J connectivity index is 1.60. The lowest BCUT2D eigenvalue weighted by Gasteiger charge is -2.09. The number of carboxylic acids is 1. The maximum atomic E-state index is 10.9. The molecule has 0 aliphatic heterocycles. The van der Waals surface area contributed by atoms with Gasteiger partial charge in [0.1, 0.15) is 11.5 Å². The Hall–Kier alpha value is -3.34. The molecule has 1 aromatic heterocycles. The van der Waals surface area contributed by atoms with E-state index in [9.17, 15) is 4.79 Å². The normalized spacial score (nSPS) is 10.6. The van der Waals surface area contributed by atoms with E-state index in [-0.39, 0.29) is 0 Å². The molecule has 0 saturated heterocycles. The summed E-state index contributed by atoms with van der Waals surface area (Å²) < 4.78 is 10.7. The molecule has 0 radical (unpaired) electrons. The van der Waals surface area contributed by atoms with E-state index in [0.717, 1.165) is 59.7 Å². The molecule has 0 spiro atoms. The van der Waals surface area contributed by atoms with Gasteiger partial charge in [0.05, 0.1) is 19.8 Å². The molecule has 5 nitrogen and oxygen atoms in total. The molecule has 1 N–H and O–H groups in total. The van der Waals surface area contributed by atoms with E-state index in [0.29, 0.717) is 5.56 Å². The number of methoxy groups -OCH3 is 2. The van der Waals surface area contributed by atoms with Crippen LogP contribution in [0.5, 0.6) is 11.5 Å². The molecule has 2 aromatic carbocycles. The second kappa shape index (κ2) is 9.73. The summed E-state index contributed by atoms with van der Waals surface area (Å²) in [6.45, 7) is 0. The first kappa shape index (κ1) is 20.4. The van der Waals surface area contributed by atoms with Gasteiger partial charge in [0.2, 0.25) is 0 Å². The van der Waals surface area contributed by atoms with Crippen molar-refractivity contribution in [3.05, 3.63) is 88.7 Å². The number of hydrogen-bond donors (Lipinski definition) is 1. The van der Waals surface area contributed by atoms with Gasteiger partial charge < -0.3 is 14.6 Å². The first-order chi connectivity index (χ1) is 14.1. The number of rotatable bonds is 9. The summed E-state index contributed by atoms with van der Waals surface area (Å²) in [7, 11) is 3.30. The monoisotopic (exact) mass is 391 g/mol. The van der Waals surface area contributed by atoms with Crippen LogP contribution in [-0.2, 0) is 25.7 Å². The summed E-state index contributed by atoms with van der Waals surface area (Å²) in [5.74, 6) is 0.671. The minimum atomic E-state index is -0.903. The minimum absolute atomic E-state index is 0.308. The van der Waals surface area contributed by atoms with Crippen LogP contribution in [-0.4, -0.2) is 30.3 Å². The number of carboxylic acid groups (broad SMARTS) is 1. The van der Waals surface area contributed by atoms with E-state index in [1.165, 1.54) is 0 Å². The number of aromatic carboxylic acids is 1. The third-order valence-corrected chi connectivity index (χ3v) is 4.82. The summed E-state index contributed by atoms with van der Waals surface area (Å²) in [5, 5.41) is 8.98. The average molecular weight is 391 g/mol. The number of aromatic nitrogens is 1. The number of carbonyl (C=O) groups is 1. The van der Waals surface area contributed by atoms with Gasteiger partial charge in [0.25, 0.3) is 0 Å². The first-order valence-electron chi connectivity index (χ1n) is 9.56. The summed E-state index contributed by atoms with van der Waals surface area (Å²) >= 11 is 0. The van der Waals surface area contributed by atoms with Crippen LogP contribution in [0.3, 0.4) is 0 Å². The number of aryl methyl sites for hydroxylation is 4. The predicted molar refractivity (Wildman–Crippen MR) is 112 cm³/mol. The van der Waals surface area contributed by atoms with Crippen LogP contribution < -0.4 is 9.47 Å². The maximum absolute atomic E-state index is 10.9. The van der Waals surface area contributed by atoms with Crippen molar-refractivity contribution in [2.75, 3.05) is 14.2 Å². The van der Waals surface area contributed by atoms with Crippen LogP contribution >= 0.6 is 0 Å². The molecular formula is C24H25NO4. The Morgan fingerprint density at radius 3 is 1.86 bits per heavy atom. The van der Waals surface area contributed by atoms with E-state index in [1.54, 1.807) is 26.4 Å². The number of pyridine rings is 1. The van der Waals surface area contributed by atoms with Crippen molar-refractivity contribution >= 4 is 5.97 Å². The molecule has 0 atom stereocenters. The summed E-state index contributed by atoms with van der Waals surface area (Å²) in [6, 6.07) is 19.0. The molecule has 0 bridgehead atoms. The van der Waals surface area contributed by atoms with Crippen molar-refractivity contribution in [3.8, 4) is 11.5 Å². The van der Waals surface area contributed by atoms with E-state index in [4.69, 9.17) is 19.6 Å². The van der Waals surface area contributed by atoms with Crippen LogP contribution in [0.1, 0.15) is 32.9 Å². The summed E-state index contributed by atoms with van der Waals surface area (Å²) in [6.07, 6.45) is 3.31. The lowest BCUT2D eigenvalue weighted by molar-refractivity contribution is 0.0697. The molecule has 5 heteroatoms. The minimum Gasteiger partial charge on any atom is -0.497 e. The second-order valence-electron chi connectivity index (χ2n) is 6.84. The Labute approximate surface area is 171 Å². The molecule has 0 amide bonds. The van der Waals surface area contributed by atoms with Gasteiger partial charge in [-0.2, -0.15) is 0 Å². The highest BCUT2D eigenvalue weighted by Gasteiger charge is 2.05. The fourth-order valence-electron chi connectivity index (χ4n) is 3.18. The van der Waals surface area contributed by atoms with E-state index >= 15 is 0 Å². The largest absolute Gasteiger partial charge is 0.497 e. The first-order valence-corrected chi connectivity index (χ1v) is 9.56. The van der Waals surface area contributed by atoms with Crippen LogP contribution in [0.15, 0.2) is 60.7 Å². The number of hydrogen-bond acceptors (Lipinski definition) is 4. The zero-order valence-corrected chi connectivity index (χ0v) is 16.7. The molecule has 150 valence electrons. The molecule has 29 heavy (non-hydrogen) atoms. The second-order valence-corrected chi connectivity index (χ2v) is 6.84. The van der Waals surface area contributed by atoms with Gasteiger partial charge in [-0.05, 0) is 73.2 Å². The third-order valence-electron chi connectivity index (χ3n) is 4.82. The van der Waals surface area contributed by atoms with Gasteiger partial charge in [-0.1, -0.05) is 18.2 Å². The van der Waals surface area contributed by atoms with E-state index < -0.39 is 5.97 Å².